The van der Waals surface area contributed by atoms with Crippen LogP contribution in [0.15, 0.2) is 54.6 Å². The number of carbonyl (C=O) groups is 1. The van der Waals surface area contributed by atoms with E-state index in [9.17, 15) is 4.79 Å². The molecule has 0 bridgehead atoms. The zero-order valence-corrected chi connectivity index (χ0v) is 16.9. The monoisotopic (exact) mass is 376 g/mol. The molecule has 2 aromatic carbocycles. The van der Waals surface area contributed by atoms with Gasteiger partial charge < -0.3 is 5.11 Å². The predicted octanol–water partition coefficient (Wildman–Crippen LogP) is 7.31. The highest BCUT2D eigenvalue weighted by molar-refractivity contribution is 5.85. The molecular formula is C26H32O2. The fourth-order valence-electron chi connectivity index (χ4n) is 4.37. The van der Waals surface area contributed by atoms with Crippen molar-refractivity contribution in [2.45, 2.75) is 64.2 Å². The summed E-state index contributed by atoms with van der Waals surface area (Å²) in [6, 6.07) is 17.1. The van der Waals surface area contributed by atoms with Gasteiger partial charge in [0.15, 0.2) is 0 Å². The highest BCUT2D eigenvalue weighted by atomic mass is 16.4. The van der Waals surface area contributed by atoms with Crippen LogP contribution in [0, 0.1) is 5.92 Å². The zero-order chi connectivity index (χ0) is 19.8. The molecule has 0 atom stereocenters. The van der Waals surface area contributed by atoms with Gasteiger partial charge in [-0.2, -0.15) is 0 Å². The first-order valence-corrected chi connectivity index (χ1v) is 10.8. The molecule has 0 amide bonds. The summed E-state index contributed by atoms with van der Waals surface area (Å²) >= 11 is 0. The molecule has 1 saturated carbocycles. The SMILES string of the molecule is CCCCC[C@H]1CC[C@H](c2ccc(-c3ccc(C=CC(=O)O)cc3)cc2)CC1. The molecule has 0 aliphatic heterocycles. The topological polar surface area (TPSA) is 37.3 Å². The van der Waals surface area contributed by atoms with E-state index in [1.807, 2.05) is 12.1 Å². The quantitative estimate of drug-likeness (QED) is 0.387. The Morgan fingerprint density at radius 1 is 0.929 bits per heavy atom. The van der Waals surface area contributed by atoms with E-state index in [1.54, 1.807) is 6.08 Å². The molecule has 0 saturated heterocycles. The van der Waals surface area contributed by atoms with Crippen molar-refractivity contribution < 1.29 is 9.90 Å². The normalized spacial score (nSPS) is 19.8. The summed E-state index contributed by atoms with van der Waals surface area (Å²) in [5.74, 6) is 0.755. The lowest BCUT2D eigenvalue weighted by Crippen LogP contribution is -2.13. The van der Waals surface area contributed by atoms with Crippen molar-refractivity contribution in [1.82, 2.24) is 0 Å². The van der Waals surface area contributed by atoms with E-state index in [-0.39, 0.29) is 0 Å². The van der Waals surface area contributed by atoms with E-state index in [4.69, 9.17) is 5.11 Å². The Hall–Kier alpha value is -2.35. The van der Waals surface area contributed by atoms with E-state index < -0.39 is 5.97 Å². The highest BCUT2D eigenvalue weighted by Gasteiger charge is 2.21. The van der Waals surface area contributed by atoms with Gasteiger partial charge in [-0.15, -0.1) is 0 Å². The van der Waals surface area contributed by atoms with Gasteiger partial charge in [0.2, 0.25) is 0 Å². The second-order valence-corrected chi connectivity index (χ2v) is 8.13. The molecule has 2 nitrogen and oxygen atoms in total. The first-order chi connectivity index (χ1) is 13.7. The Balaban J connectivity index is 1.56. The molecular weight excluding hydrogens is 344 g/mol. The summed E-state index contributed by atoms with van der Waals surface area (Å²) in [5, 5.41) is 8.72. The number of hydrogen-bond acceptors (Lipinski definition) is 1. The van der Waals surface area contributed by atoms with Crippen molar-refractivity contribution in [3.63, 3.8) is 0 Å². The van der Waals surface area contributed by atoms with Gasteiger partial charge in [-0.25, -0.2) is 4.79 Å². The molecule has 1 fully saturated rings. The highest BCUT2D eigenvalue weighted by Crippen LogP contribution is 2.38. The third-order valence-corrected chi connectivity index (χ3v) is 6.11. The fraction of sp³-hybridized carbons (Fsp3) is 0.423. The Kier molecular flexibility index (Phi) is 7.47. The van der Waals surface area contributed by atoms with E-state index >= 15 is 0 Å². The molecule has 2 heteroatoms. The lowest BCUT2D eigenvalue weighted by Gasteiger charge is -2.29. The third-order valence-electron chi connectivity index (χ3n) is 6.11. The van der Waals surface area contributed by atoms with Gasteiger partial charge in [0.05, 0.1) is 0 Å². The van der Waals surface area contributed by atoms with Crippen LogP contribution in [0.5, 0.6) is 0 Å². The largest absolute Gasteiger partial charge is 0.478 e. The minimum atomic E-state index is -0.922. The molecule has 0 radical (unpaired) electrons. The summed E-state index contributed by atoms with van der Waals surface area (Å²) in [5.41, 5.74) is 4.76. The van der Waals surface area contributed by atoms with Crippen LogP contribution in [0.1, 0.15) is 75.3 Å². The van der Waals surface area contributed by atoms with Crippen LogP contribution in [-0.2, 0) is 4.79 Å². The molecule has 1 N–H and O–H groups in total. The van der Waals surface area contributed by atoms with E-state index in [1.165, 1.54) is 74.1 Å². The number of aliphatic carboxylic acids is 1. The van der Waals surface area contributed by atoms with Crippen LogP contribution in [0.3, 0.4) is 0 Å². The number of unbranched alkanes of at least 4 members (excludes halogenated alkanes) is 2. The third kappa shape index (κ3) is 5.82. The minimum absolute atomic E-state index is 0.722. The van der Waals surface area contributed by atoms with Gasteiger partial charge in [-0.3, -0.25) is 0 Å². The van der Waals surface area contributed by atoms with Gasteiger partial charge in [0.25, 0.3) is 0 Å². The lowest BCUT2D eigenvalue weighted by molar-refractivity contribution is -0.131. The van der Waals surface area contributed by atoms with Crippen molar-refractivity contribution >= 4 is 12.0 Å². The Morgan fingerprint density at radius 2 is 1.54 bits per heavy atom. The second-order valence-electron chi connectivity index (χ2n) is 8.13. The van der Waals surface area contributed by atoms with Crippen LogP contribution < -0.4 is 0 Å². The average molecular weight is 377 g/mol. The maximum absolute atomic E-state index is 10.6. The maximum atomic E-state index is 10.6. The maximum Gasteiger partial charge on any atom is 0.328 e. The van der Waals surface area contributed by atoms with Gasteiger partial charge in [0.1, 0.15) is 0 Å². The summed E-state index contributed by atoms with van der Waals surface area (Å²) in [4.78, 5) is 10.6. The van der Waals surface area contributed by atoms with Crippen LogP contribution in [-0.4, -0.2) is 11.1 Å². The van der Waals surface area contributed by atoms with Crippen LogP contribution in [0.25, 0.3) is 17.2 Å². The van der Waals surface area contributed by atoms with E-state index in [2.05, 4.69) is 43.3 Å². The summed E-state index contributed by atoms with van der Waals surface area (Å²) in [6.45, 7) is 2.28. The summed E-state index contributed by atoms with van der Waals surface area (Å²) < 4.78 is 0. The smallest absolute Gasteiger partial charge is 0.328 e. The van der Waals surface area contributed by atoms with Crippen molar-refractivity contribution in [2.24, 2.45) is 5.92 Å². The van der Waals surface area contributed by atoms with Gasteiger partial charge in [0, 0.05) is 6.08 Å². The van der Waals surface area contributed by atoms with Crippen molar-refractivity contribution in [1.29, 1.82) is 0 Å². The van der Waals surface area contributed by atoms with Gasteiger partial charge in [-0.1, -0.05) is 81.1 Å². The predicted molar refractivity (Wildman–Crippen MR) is 117 cm³/mol. The molecule has 2 aromatic rings. The average Bonchev–Trinajstić information content (AvgIpc) is 2.73. The van der Waals surface area contributed by atoms with Crippen molar-refractivity contribution in [3.05, 3.63) is 65.7 Å². The molecule has 0 unspecified atom stereocenters. The van der Waals surface area contributed by atoms with Crippen LogP contribution >= 0.6 is 0 Å². The fourth-order valence-corrected chi connectivity index (χ4v) is 4.37. The summed E-state index contributed by atoms with van der Waals surface area (Å²) in [7, 11) is 0. The minimum Gasteiger partial charge on any atom is -0.478 e. The first-order valence-electron chi connectivity index (χ1n) is 10.8. The number of hydrogen-bond donors (Lipinski definition) is 1. The van der Waals surface area contributed by atoms with E-state index in [0.29, 0.717) is 0 Å². The van der Waals surface area contributed by atoms with Crippen molar-refractivity contribution in [2.75, 3.05) is 0 Å². The number of rotatable bonds is 8. The number of carboxylic acid groups (broad SMARTS) is 1. The van der Waals surface area contributed by atoms with Crippen molar-refractivity contribution in [3.8, 4) is 11.1 Å². The number of carboxylic acids is 1. The number of benzene rings is 2. The molecule has 3 rings (SSSR count). The molecule has 0 spiro atoms. The lowest BCUT2D eigenvalue weighted by atomic mass is 9.77. The molecule has 1 aliphatic rings. The standard InChI is InChI=1S/C26H32O2/c1-2-3-4-5-20-6-11-22(12-7-20)24-15-17-25(18-16-24)23-13-8-21(9-14-23)10-19-26(27)28/h8-10,13-20,22H,2-7,11-12H2,1H3,(H,27,28)/t20-,22-. The molecule has 0 aromatic heterocycles. The van der Waals surface area contributed by atoms with Gasteiger partial charge >= 0.3 is 5.97 Å². The Bertz CT molecular complexity index is 763. The molecule has 28 heavy (non-hydrogen) atoms. The summed E-state index contributed by atoms with van der Waals surface area (Å²) in [6.07, 6.45) is 13.8. The first kappa shape index (κ1) is 20.4. The van der Waals surface area contributed by atoms with Crippen LogP contribution in [0.4, 0.5) is 0 Å². The Labute approximate surface area is 169 Å². The zero-order valence-electron chi connectivity index (χ0n) is 16.9. The van der Waals surface area contributed by atoms with E-state index in [0.717, 1.165) is 17.4 Å². The van der Waals surface area contributed by atoms with Gasteiger partial charge in [-0.05, 0) is 65.8 Å². The second kappa shape index (κ2) is 10.3. The molecule has 1 aliphatic carbocycles. The van der Waals surface area contributed by atoms with Crippen LogP contribution in [0.2, 0.25) is 0 Å². The molecule has 148 valence electrons. The Morgan fingerprint density at radius 3 is 2.11 bits per heavy atom. The molecule has 0 heterocycles.